The topological polar surface area (TPSA) is 36.6 Å². The van der Waals surface area contributed by atoms with E-state index in [0.29, 0.717) is 6.04 Å². The van der Waals surface area contributed by atoms with Crippen molar-refractivity contribution in [1.29, 1.82) is 0 Å². The molecule has 1 aliphatic heterocycles. The SMILES string of the molecule is OC(CC1CCCN1Cc1ccco1)c1cccs1. The van der Waals surface area contributed by atoms with Gasteiger partial charge in [-0.1, -0.05) is 6.07 Å². The molecule has 102 valence electrons. The lowest BCUT2D eigenvalue weighted by molar-refractivity contribution is 0.117. The van der Waals surface area contributed by atoms with E-state index in [1.54, 1.807) is 17.6 Å². The van der Waals surface area contributed by atoms with Crippen molar-refractivity contribution in [2.45, 2.75) is 38.0 Å². The number of rotatable bonds is 5. The van der Waals surface area contributed by atoms with Gasteiger partial charge in [0.15, 0.2) is 0 Å². The third kappa shape index (κ3) is 3.08. The predicted octanol–water partition coefficient (Wildman–Crippen LogP) is 3.43. The minimum absolute atomic E-state index is 0.331. The van der Waals surface area contributed by atoms with Crippen LogP contribution in [-0.2, 0) is 6.54 Å². The largest absolute Gasteiger partial charge is 0.468 e. The van der Waals surface area contributed by atoms with Gasteiger partial charge in [0.05, 0.1) is 18.9 Å². The monoisotopic (exact) mass is 277 g/mol. The molecule has 1 saturated heterocycles. The number of thiophene rings is 1. The van der Waals surface area contributed by atoms with Gasteiger partial charge < -0.3 is 9.52 Å². The first-order valence-corrected chi connectivity index (χ1v) is 7.69. The van der Waals surface area contributed by atoms with Crippen molar-refractivity contribution in [3.8, 4) is 0 Å². The highest BCUT2D eigenvalue weighted by atomic mass is 32.1. The molecule has 2 atom stereocenters. The molecule has 0 saturated carbocycles. The molecule has 4 heteroatoms. The molecule has 2 unspecified atom stereocenters. The van der Waals surface area contributed by atoms with Crippen molar-refractivity contribution < 1.29 is 9.52 Å². The number of aliphatic hydroxyl groups excluding tert-OH is 1. The minimum atomic E-state index is -0.331. The first kappa shape index (κ1) is 12.9. The maximum atomic E-state index is 10.3. The molecule has 0 aromatic carbocycles. The molecule has 1 fully saturated rings. The lowest BCUT2D eigenvalue weighted by Gasteiger charge is -2.25. The molecule has 19 heavy (non-hydrogen) atoms. The third-order valence-corrected chi connectivity index (χ3v) is 4.78. The van der Waals surface area contributed by atoms with Crippen LogP contribution >= 0.6 is 11.3 Å². The molecule has 3 heterocycles. The summed E-state index contributed by atoms with van der Waals surface area (Å²) in [4.78, 5) is 3.50. The summed E-state index contributed by atoms with van der Waals surface area (Å²) in [6.45, 7) is 1.96. The summed E-state index contributed by atoms with van der Waals surface area (Å²) in [6.07, 6.45) is 4.59. The van der Waals surface area contributed by atoms with Crippen LogP contribution in [0.4, 0.5) is 0 Å². The fourth-order valence-electron chi connectivity index (χ4n) is 2.83. The van der Waals surface area contributed by atoms with E-state index in [4.69, 9.17) is 4.42 Å². The second-order valence-electron chi connectivity index (χ2n) is 5.11. The molecule has 1 aliphatic rings. The normalized spacial score (nSPS) is 21.8. The summed E-state index contributed by atoms with van der Waals surface area (Å²) < 4.78 is 5.42. The number of hydrogen-bond acceptors (Lipinski definition) is 4. The molecule has 0 spiro atoms. The molecule has 3 nitrogen and oxygen atoms in total. The van der Waals surface area contributed by atoms with Gasteiger partial charge in [-0.15, -0.1) is 11.3 Å². The van der Waals surface area contributed by atoms with Gasteiger partial charge in [0.25, 0.3) is 0 Å². The average Bonchev–Trinajstić information content (AvgIpc) is 3.12. The van der Waals surface area contributed by atoms with Gasteiger partial charge in [-0.3, -0.25) is 4.90 Å². The molecule has 0 aliphatic carbocycles. The van der Waals surface area contributed by atoms with E-state index in [0.717, 1.165) is 30.1 Å². The van der Waals surface area contributed by atoms with E-state index in [1.165, 1.54) is 12.8 Å². The average molecular weight is 277 g/mol. The standard InChI is InChI=1S/C15H19NO2S/c17-14(15-6-3-9-19-15)10-12-4-1-7-16(12)11-13-5-2-8-18-13/h2-3,5-6,8-9,12,14,17H,1,4,7,10-11H2. The Morgan fingerprint density at radius 2 is 2.37 bits per heavy atom. The van der Waals surface area contributed by atoms with Crippen LogP contribution in [0.5, 0.6) is 0 Å². The summed E-state index contributed by atoms with van der Waals surface area (Å²) in [7, 11) is 0. The quantitative estimate of drug-likeness (QED) is 0.909. The molecule has 3 rings (SSSR count). The van der Waals surface area contributed by atoms with E-state index < -0.39 is 0 Å². The molecule has 0 bridgehead atoms. The Morgan fingerprint density at radius 1 is 1.42 bits per heavy atom. The highest BCUT2D eigenvalue weighted by molar-refractivity contribution is 7.10. The molecule has 2 aromatic heterocycles. The van der Waals surface area contributed by atoms with E-state index in [1.807, 2.05) is 29.6 Å². The zero-order valence-corrected chi connectivity index (χ0v) is 11.7. The lowest BCUT2D eigenvalue weighted by atomic mass is 10.1. The van der Waals surface area contributed by atoms with Crippen molar-refractivity contribution in [3.63, 3.8) is 0 Å². The molecule has 0 radical (unpaired) electrons. The first-order chi connectivity index (χ1) is 9.33. The fourth-order valence-corrected chi connectivity index (χ4v) is 3.55. The van der Waals surface area contributed by atoms with Crippen molar-refractivity contribution in [3.05, 3.63) is 46.5 Å². The van der Waals surface area contributed by atoms with Gasteiger partial charge in [0.2, 0.25) is 0 Å². The Labute approximate surface area is 117 Å². The summed E-state index contributed by atoms with van der Waals surface area (Å²) in [5, 5.41) is 12.3. The van der Waals surface area contributed by atoms with Crippen LogP contribution in [0.15, 0.2) is 40.3 Å². The van der Waals surface area contributed by atoms with Crippen molar-refractivity contribution in [2.24, 2.45) is 0 Å². The molecule has 0 amide bonds. The van der Waals surface area contributed by atoms with Gasteiger partial charge in [0, 0.05) is 10.9 Å². The molecular weight excluding hydrogens is 258 g/mol. The van der Waals surface area contributed by atoms with E-state index in [-0.39, 0.29) is 6.10 Å². The van der Waals surface area contributed by atoms with Crippen LogP contribution < -0.4 is 0 Å². The Morgan fingerprint density at radius 3 is 3.11 bits per heavy atom. The Hall–Kier alpha value is -1.10. The Kier molecular flexibility index (Phi) is 4.01. The van der Waals surface area contributed by atoms with E-state index >= 15 is 0 Å². The van der Waals surface area contributed by atoms with Crippen LogP contribution in [0.3, 0.4) is 0 Å². The minimum Gasteiger partial charge on any atom is -0.468 e. The van der Waals surface area contributed by atoms with Crippen LogP contribution in [0, 0.1) is 0 Å². The number of furan rings is 1. The second-order valence-corrected chi connectivity index (χ2v) is 6.09. The van der Waals surface area contributed by atoms with Crippen molar-refractivity contribution in [1.82, 2.24) is 4.90 Å². The predicted molar refractivity (Wildman–Crippen MR) is 76.0 cm³/mol. The van der Waals surface area contributed by atoms with Crippen LogP contribution in [0.1, 0.15) is 36.0 Å². The van der Waals surface area contributed by atoms with E-state index in [2.05, 4.69) is 4.90 Å². The second kappa shape index (κ2) is 5.90. The van der Waals surface area contributed by atoms with Crippen LogP contribution in [0.2, 0.25) is 0 Å². The lowest BCUT2D eigenvalue weighted by Crippen LogP contribution is -2.30. The van der Waals surface area contributed by atoms with Crippen molar-refractivity contribution in [2.75, 3.05) is 6.54 Å². The first-order valence-electron chi connectivity index (χ1n) is 6.81. The van der Waals surface area contributed by atoms with Gasteiger partial charge in [-0.25, -0.2) is 0 Å². The summed E-state index contributed by atoms with van der Waals surface area (Å²) >= 11 is 1.63. The van der Waals surface area contributed by atoms with Gasteiger partial charge in [-0.2, -0.15) is 0 Å². The zero-order chi connectivity index (χ0) is 13.1. The number of hydrogen-bond donors (Lipinski definition) is 1. The van der Waals surface area contributed by atoms with Gasteiger partial charge in [0.1, 0.15) is 5.76 Å². The molecule has 2 aromatic rings. The Balaban J connectivity index is 1.60. The number of nitrogens with zero attached hydrogens (tertiary/aromatic N) is 1. The van der Waals surface area contributed by atoms with E-state index in [9.17, 15) is 5.11 Å². The van der Waals surface area contributed by atoms with Gasteiger partial charge in [-0.05, 0) is 49.4 Å². The highest BCUT2D eigenvalue weighted by Gasteiger charge is 2.27. The zero-order valence-electron chi connectivity index (χ0n) is 10.9. The van der Waals surface area contributed by atoms with Crippen molar-refractivity contribution >= 4 is 11.3 Å². The summed E-state index contributed by atoms with van der Waals surface area (Å²) in [5.41, 5.74) is 0. The molecule has 1 N–H and O–H groups in total. The smallest absolute Gasteiger partial charge is 0.117 e. The number of likely N-dealkylation sites (tertiary alicyclic amines) is 1. The molecular formula is C15H19NO2S. The summed E-state index contributed by atoms with van der Waals surface area (Å²) in [6, 6.07) is 8.42. The highest BCUT2D eigenvalue weighted by Crippen LogP contribution is 2.30. The third-order valence-electron chi connectivity index (χ3n) is 3.81. The number of aliphatic hydroxyl groups is 1. The Bertz CT molecular complexity index is 480. The fraction of sp³-hybridized carbons (Fsp3) is 0.467. The maximum Gasteiger partial charge on any atom is 0.117 e. The van der Waals surface area contributed by atoms with Crippen LogP contribution in [0.25, 0.3) is 0 Å². The maximum absolute atomic E-state index is 10.3. The van der Waals surface area contributed by atoms with Gasteiger partial charge >= 0.3 is 0 Å². The van der Waals surface area contributed by atoms with Crippen LogP contribution in [-0.4, -0.2) is 22.6 Å². The summed E-state index contributed by atoms with van der Waals surface area (Å²) in [5.74, 6) is 1.01.